The predicted octanol–water partition coefficient (Wildman–Crippen LogP) is 3.72. The number of hydrogen-bond acceptors (Lipinski definition) is 3. The van der Waals surface area contributed by atoms with Gasteiger partial charge in [-0.3, -0.25) is 9.59 Å². The average molecular weight is 325 g/mol. The highest BCUT2D eigenvalue weighted by molar-refractivity contribution is 5.96. The van der Waals surface area contributed by atoms with Gasteiger partial charge in [0.1, 0.15) is 0 Å². The molecule has 1 atom stereocenters. The fourth-order valence-electron chi connectivity index (χ4n) is 2.66. The molecule has 0 saturated carbocycles. The second-order valence-corrected chi connectivity index (χ2v) is 6.06. The number of anilines is 1. The Morgan fingerprint density at radius 1 is 1.04 bits per heavy atom. The number of rotatable bonds is 5. The predicted molar refractivity (Wildman–Crippen MR) is 95.0 cm³/mol. The molecule has 0 unspecified atom stereocenters. The SMILES string of the molecule is Cc1cc(C)c(NC(=O)[C@@H](C)OC(=O)Cc2ccccc2)c(C)c1. The molecule has 0 aliphatic heterocycles. The highest BCUT2D eigenvalue weighted by atomic mass is 16.5. The molecule has 0 bridgehead atoms. The molecule has 4 nitrogen and oxygen atoms in total. The van der Waals surface area contributed by atoms with Crippen LogP contribution in [0.25, 0.3) is 0 Å². The van der Waals surface area contributed by atoms with Gasteiger partial charge in [-0.2, -0.15) is 0 Å². The number of carbonyl (C=O) groups excluding carboxylic acids is 2. The molecule has 4 heteroatoms. The minimum Gasteiger partial charge on any atom is -0.452 e. The van der Waals surface area contributed by atoms with Crippen LogP contribution in [0.2, 0.25) is 0 Å². The Morgan fingerprint density at radius 2 is 1.62 bits per heavy atom. The molecule has 0 spiro atoms. The van der Waals surface area contributed by atoms with E-state index in [1.54, 1.807) is 6.92 Å². The van der Waals surface area contributed by atoms with Gasteiger partial charge in [-0.1, -0.05) is 48.0 Å². The highest BCUT2D eigenvalue weighted by Crippen LogP contribution is 2.22. The third kappa shape index (κ3) is 4.69. The van der Waals surface area contributed by atoms with E-state index in [1.807, 2.05) is 63.2 Å². The molecular formula is C20H23NO3. The first kappa shape index (κ1) is 17.7. The van der Waals surface area contributed by atoms with E-state index >= 15 is 0 Å². The van der Waals surface area contributed by atoms with Crippen LogP contribution in [0.5, 0.6) is 0 Å². The van der Waals surface area contributed by atoms with E-state index in [0.29, 0.717) is 0 Å². The quantitative estimate of drug-likeness (QED) is 0.852. The molecule has 2 aromatic rings. The van der Waals surface area contributed by atoms with Crippen LogP contribution >= 0.6 is 0 Å². The molecular weight excluding hydrogens is 302 g/mol. The van der Waals surface area contributed by atoms with Crippen molar-refractivity contribution in [2.24, 2.45) is 0 Å². The van der Waals surface area contributed by atoms with Gasteiger partial charge in [0.05, 0.1) is 6.42 Å². The van der Waals surface area contributed by atoms with Crippen molar-refractivity contribution in [1.82, 2.24) is 0 Å². The fraction of sp³-hybridized carbons (Fsp3) is 0.300. The zero-order valence-electron chi connectivity index (χ0n) is 14.6. The first-order valence-corrected chi connectivity index (χ1v) is 7.99. The van der Waals surface area contributed by atoms with Gasteiger partial charge < -0.3 is 10.1 Å². The normalized spacial score (nSPS) is 11.7. The van der Waals surface area contributed by atoms with E-state index in [-0.39, 0.29) is 12.3 Å². The number of benzene rings is 2. The van der Waals surface area contributed by atoms with Crippen LogP contribution in [-0.2, 0) is 20.7 Å². The summed E-state index contributed by atoms with van der Waals surface area (Å²) < 4.78 is 5.24. The second kappa shape index (κ2) is 7.77. The molecule has 1 N–H and O–H groups in total. The van der Waals surface area contributed by atoms with Crippen molar-refractivity contribution in [3.8, 4) is 0 Å². The first-order chi connectivity index (χ1) is 11.4. The monoisotopic (exact) mass is 325 g/mol. The highest BCUT2D eigenvalue weighted by Gasteiger charge is 2.19. The molecule has 0 aromatic heterocycles. The molecule has 1 amide bonds. The lowest BCUT2D eigenvalue weighted by molar-refractivity contribution is -0.152. The molecule has 0 aliphatic carbocycles. The minimum atomic E-state index is -0.846. The van der Waals surface area contributed by atoms with Crippen molar-refractivity contribution in [2.45, 2.75) is 40.2 Å². The third-order valence-electron chi connectivity index (χ3n) is 3.79. The lowest BCUT2D eigenvalue weighted by Crippen LogP contribution is -2.31. The van der Waals surface area contributed by atoms with Gasteiger partial charge in [-0.15, -0.1) is 0 Å². The molecule has 2 rings (SSSR count). The van der Waals surface area contributed by atoms with Crippen molar-refractivity contribution in [3.63, 3.8) is 0 Å². The molecule has 0 aliphatic rings. The lowest BCUT2D eigenvalue weighted by Gasteiger charge is -2.17. The molecule has 126 valence electrons. The average Bonchev–Trinajstić information content (AvgIpc) is 2.51. The van der Waals surface area contributed by atoms with Crippen molar-refractivity contribution >= 4 is 17.6 Å². The Labute approximate surface area is 142 Å². The van der Waals surface area contributed by atoms with Gasteiger partial charge in [0.15, 0.2) is 6.10 Å². The topological polar surface area (TPSA) is 55.4 Å². The summed E-state index contributed by atoms with van der Waals surface area (Å²) in [5, 5.41) is 2.86. The van der Waals surface area contributed by atoms with Crippen LogP contribution in [0, 0.1) is 20.8 Å². The van der Waals surface area contributed by atoms with E-state index in [0.717, 1.165) is 27.9 Å². The number of nitrogens with one attached hydrogen (secondary N) is 1. The Hall–Kier alpha value is -2.62. The summed E-state index contributed by atoms with van der Waals surface area (Å²) in [5.41, 5.74) is 4.76. The van der Waals surface area contributed by atoms with Gasteiger partial charge in [-0.25, -0.2) is 0 Å². The number of aryl methyl sites for hydroxylation is 3. The van der Waals surface area contributed by atoms with E-state index in [4.69, 9.17) is 4.74 Å². The minimum absolute atomic E-state index is 0.154. The smallest absolute Gasteiger partial charge is 0.311 e. The second-order valence-electron chi connectivity index (χ2n) is 6.06. The van der Waals surface area contributed by atoms with E-state index in [2.05, 4.69) is 5.32 Å². The number of esters is 1. The third-order valence-corrected chi connectivity index (χ3v) is 3.79. The molecule has 0 heterocycles. The summed E-state index contributed by atoms with van der Waals surface area (Å²) in [6.07, 6.45) is -0.692. The lowest BCUT2D eigenvalue weighted by atomic mass is 10.0. The molecule has 0 fully saturated rings. The van der Waals surface area contributed by atoms with Gasteiger partial charge in [-0.05, 0) is 44.4 Å². The molecule has 24 heavy (non-hydrogen) atoms. The number of hydrogen-bond donors (Lipinski definition) is 1. The Kier molecular flexibility index (Phi) is 5.74. The summed E-state index contributed by atoms with van der Waals surface area (Å²) in [5.74, 6) is -0.743. The van der Waals surface area contributed by atoms with Crippen LogP contribution in [0.15, 0.2) is 42.5 Å². The van der Waals surface area contributed by atoms with E-state index < -0.39 is 12.1 Å². The Bertz CT molecular complexity index is 715. The summed E-state index contributed by atoms with van der Waals surface area (Å²) in [6.45, 7) is 7.49. The van der Waals surface area contributed by atoms with Gasteiger partial charge in [0, 0.05) is 5.69 Å². The van der Waals surface area contributed by atoms with E-state index in [9.17, 15) is 9.59 Å². The Balaban J connectivity index is 1.96. The summed E-state index contributed by atoms with van der Waals surface area (Å²) in [4.78, 5) is 24.3. The first-order valence-electron chi connectivity index (χ1n) is 7.99. The summed E-state index contributed by atoms with van der Waals surface area (Å²) in [6, 6.07) is 13.3. The number of carbonyl (C=O) groups is 2. The number of amides is 1. The van der Waals surface area contributed by atoms with Crippen molar-refractivity contribution in [3.05, 3.63) is 64.7 Å². The summed E-state index contributed by atoms with van der Waals surface area (Å²) >= 11 is 0. The maximum atomic E-state index is 12.3. The standard InChI is InChI=1S/C20H23NO3/c1-13-10-14(2)19(15(3)11-13)21-20(23)16(4)24-18(22)12-17-8-6-5-7-9-17/h5-11,16H,12H2,1-4H3,(H,21,23)/t16-/m1/s1. The van der Waals surface area contributed by atoms with Crippen LogP contribution in [0.3, 0.4) is 0 Å². The Morgan fingerprint density at radius 3 is 2.21 bits per heavy atom. The largest absolute Gasteiger partial charge is 0.452 e. The van der Waals surface area contributed by atoms with Crippen LogP contribution in [-0.4, -0.2) is 18.0 Å². The van der Waals surface area contributed by atoms with Gasteiger partial charge >= 0.3 is 5.97 Å². The van der Waals surface area contributed by atoms with Crippen molar-refractivity contribution in [2.75, 3.05) is 5.32 Å². The van der Waals surface area contributed by atoms with Crippen LogP contribution in [0.4, 0.5) is 5.69 Å². The molecule has 0 radical (unpaired) electrons. The van der Waals surface area contributed by atoms with Gasteiger partial charge in [0.25, 0.3) is 5.91 Å². The molecule has 0 saturated heterocycles. The van der Waals surface area contributed by atoms with E-state index in [1.165, 1.54) is 0 Å². The zero-order valence-corrected chi connectivity index (χ0v) is 14.6. The van der Waals surface area contributed by atoms with Crippen LogP contribution < -0.4 is 5.32 Å². The van der Waals surface area contributed by atoms with Crippen LogP contribution in [0.1, 0.15) is 29.2 Å². The van der Waals surface area contributed by atoms with Crippen molar-refractivity contribution in [1.29, 1.82) is 0 Å². The maximum absolute atomic E-state index is 12.3. The molecule has 2 aromatic carbocycles. The zero-order chi connectivity index (χ0) is 17.7. The number of ether oxygens (including phenoxy) is 1. The fourth-order valence-corrected chi connectivity index (χ4v) is 2.66. The van der Waals surface area contributed by atoms with Crippen molar-refractivity contribution < 1.29 is 14.3 Å². The summed E-state index contributed by atoms with van der Waals surface area (Å²) in [7, 11) is 0. The maximum Gasteiger partial charge on any atom is 0.311 e. The van der Waals surface area contributed by atoms with Gasteiger partial charge in [0.2, 0.25) is 0 Å².